The highest BCUT2D eigenvalue weighted by molar-refractivity contribution is 5.73. The zero-order chi connectivity index (χ0) is 23.1. The van der Waals surface area contributed by atoms with E-state index in [1.54, 1.807) is 66.7 Å². The van der Waals surface area contributed by atoms with E-state index in [1.807, 2.05) is 24.3 Å². The van der Waals surface area contributed by atoms with Crippen LogP contribution in [0.25, 0.3) is 0 Å². The van der Waals surface area contributed by atoms with Crippen LogP contribution in [-0.2, 0) is 9.59 Å². The van der Waals surface area contributed by atoms with E-state index < -0.39 is 24.3 Å². The molecule has 7 heteroatoms. The van der Waals surface area contributed by atoms with E-state index in [0.29, 0.717) is 17.4 Å². The molecule has 0 aromatic heterocycles. The number of aliphatic hydroxyl groups is 4. The fraction of sp³-hybridized carbons (Fsp3) is 0.167. The largest absolute Gasteiger partial charge is 0.479 e. The summed E-state index contributed by atoms with van der Waals surface area (Å²) in [5, 5.41) is 44.0. The van der Waals surface area contributed by atoms with Gasteiger partial charge < -0.3 is 30.3 Å². The van der Waals surface area contributed by atoms with Gasteiger partial charge in [-0.05, 0) is 16.7 Å². The molecule has 164 valence electrons. The molecule has 0 fully saturated rings. The smallest absolute Gasteiger partial charge is 0.337 e. The molecule has 0 aliphatic carbocycles. The predicted octanol–water partition coefficient (Wildman–Crippen LogP) is 2.44. The molecule has 7 nitrogen and oxygen atoms in total. The molecule has 0 radical (unpaired) electrons. The predicted molar refractivity (Wildman–Crippen MR) is 115 cm³/mol. The molecule has 3 unspecified atom stereocenters. The van der Waals surface area contributed by atoms with Crippen molar-refractivity contribution in [3.63, 3.8) is 0 Å². The number of aliphatic carboxylic acids is 1. The van der Waals surface area contributed by atoms with Gasteiger partial charge in [0.1, 0.15) is 12.2 Å². The molecule has 0 saturated carbocycles. The first-order valence-electron chi connectivity index (χ1n) is 9.38. The summed E-state index contributed by atoms with van der Waals surface area (Å²) in [6.45, 7) is -0.218. The SMILES string of the molecule is O=C(O)C(O)c1ccccc1.O=CC(O)c1ccccc1.OCC(O)c1ccccc1. The third-order valence-corrected chi connectivity index (χ3v) is 3.98. The quantitative estimate of drug-likeness (QED) is 0.382. The van der Waals surface area contributed by atoms with Crippen molar-refractivity contribution in [2.75, 3.05) is 6.61 Å². The van der Waals surface area contributed by atoms with Crippen LogP contribution in [0.15, 0.2) is 91.0 Å². The van der Waals surface area contributed by atoms with Crippen LogP contribution in [0, 0.1) is 0 Å². The second-order valence-corrected chi connectivity index (χ2v) is 6.25. The van der Waals surface area contributed by atoms with Crippen molar-refractivity contribution < 1.29 is 35.1 Å². The molecular formula is C24H26O7. The Kier molecular flexibility index (Phi) is 12.1. The summed E-state index contributed by atoms with van der Waals surface area (Å²) in [7, 11) is 0. The first-order chi connectivity index (χ1) is 14.9. The number of carbonyl (C=O) groups excluding carboxylic acids is 1. The number of carbonyl (C=O) groups is 2. The summed E-state index contributed by atoms with van der Waals surface area (Å²) >= 11 is 0. The van der Waals surface area contributed by atoms with E-state index in [2.05, 4.69) is 0 Å². The highest BCUT2D eigenvalue weighted by Crippen LogP contribution is 2.11. The summed E-state index contributed by atoms with van der Waals surface area (Å²) in [6.07, 6.45) is -2.60. The summed E-state index contributed by atoms with van der Waals surface area (Å²) < 4.78 is 0. The number of hydrogen-bond donors (Lipinski definition) is 5. The molecule has 3 rings (SSSR count). The van der Waals surface area contributed by atoms with Crippen LogP contribution in [0.3, 0.4) is 0 Å². The van der Waals surface area contributed by atoms with Crippen molar-refractivity contribution in [2.24, 2.45) is 0 Å². The van der Waals surface area contributed by atoms with Gasteiger partial charge in [-0.3, -0.25) is 0 Å². The van der Waals surface area contributed by atoms with Crippen LogP contribution in [0.2, 0.25) is 0 Å². The molecule has 5 N–H and O–H groups in total. The number of carboxylic acid groups (broad SMARTS) is 1. The lowest BCUT2D eigenvalue weighted by atomic mass is 10.1. The lowest BCUT2D eigenvalue weighted by Gasteiger charge is -2.05. The fourth-order valence-electron chi connectivity index (χ4n) is 2.29. The van der Waals surface area contributed by atoms with Gasteiger partial charge in [0.2, 0.25) is 0 Å². The van der Waals surface area contributed by atoms with Crippen LogP contribution < -0.4 is 0 Å². The van der Waals surface area contributed by atoms with Gasteiger partial charge in [0, 0.05) is 0 Å². The monoisotopic (exact) mass is 426 g/mol. The van der Waals surface area contributed by atoms with Gasteiger partial charge in [-0.15, -0.1) is 0 Å². The minimum absolute atomic E-state index is 0.218. The van der Waals surface area contributed by atoms with Gasteiger partial charge in [0.25, 0.3) is 0 Å². The highest BCUT2D eigenvalue weighted by atomic mass is 16.4. The molecule has 0 aliphatic rings. The first kappa shape index (κ1) is 25.7. The van der Waals surface area contributed by atoms with E-state index >= 15 is 0 Å². The molecule has 0 aliphatic heterocycles. The Bertz CT molecular complexity index is 870. The van der Waals surface area contributed by atoms with Gasteiger partial charge in [0.15, 0.2) is 12.4 Å². The second-order valence-electron chi connectivity index (χ2n) is 6.25. The van der Waals surface area contributed by atoms with Crippen LogP contribution in [0.1, 0.15) is 35.0 Å². The maximum atomic E-state index is 10.2. The Morgan fingerprint density at radius 1 is 0.710 bits per heavy atom. The van der Waals surface area contributed by atoms with E-state index in [9.17, 15) is 9.59 Å². The Morgan fingerprint density at radius 2 is 1.10 bits per heavy atom. The molecular weight excluding hydrogens is 400 g/mol. The molecule has 3 aromatic rings. The van der Waals surface area contributed by atoms with Crippen molar-refractivity contribution in [3.05, 3.63) is 108 Å². The molecule has 0 bridgehead atoms. The normalized spacial score (nSPS) is 12.6. The van der Waals surface area contributed by atoms with Crippen LogP contribution in [0.5, 0.6) is 0 Å². The van der Waals surface area contributed by atoms with Crippen LogP contribution in [-0.4, -0.2) is 44.4 Å². The number of aldehydes is 1. The maximum Gasteiger partial charge on any atom is 0.337 e. The Labute approximate surface area is 180 Å². The Balaban J connectivity index is 0.000000233. The minimum atomic E-state index is -1.41. The average Bonchev–Trinajstić information content (AvgIpc) is 2.85. The molecule has 31 heavy (non-hydrogen) atoms. The van der Waals surface area contributed by atoms with E-state index in [1.165, 1.54) is 0 Å². The third-order valence-electron chi connectivity index (χ3n) is 3.98. The standard InChI is InChI=1S/C8H8O3.C8H10O2.C8H8O2/c9-7(8(10)11)6-4-2-1-3-5-6;2*9-6-8(10)7-4-2-1-3-5-7/h1-5,7,9H,(H,10,11);1-5,8-10H,6H2;1-6,8,10H. The topological polar surface area (TPSA) is 135 Å². The maximum absolute atomic E-state index is 10.2. The number of hydrogen-bond acceptors (Lipinski definition) is 6. The molecule has 0 spiro atoms. The summed E-state index contributed by atoms with van der Waals surface area (Å²) in [6, 6.07) is 26.2. The summed E-state index contributed by atoms with van der Waals surface area (Å²) in [4.78, 5) is 20.3. The van der Waals surface area contributed by atoms with Crippen molar-refractivity contribution in [1.82, 2.24) is 0 Å². The number of benzene rings is 3. The Hall–Kier alpha value is -3.36. The van der Waals surface area contributed by atoms with Crippen molar-refractivity contribution in [1.29, 1.82) is 0 Å². The minimum Gasteiger partial charge on any atom is -0.479 e. The summed E-state index contributed by atoms with van der Waals surface area (Å²) in [5.41, 5.74) is 1.79. The average molecular weight is 426 g/mol. The van der Waals surface area contributed by atoms with Gasteiger partial charge in [-0.2, -0.15) is 0 Å². The number of rotatable bonds is 6. The molecule has 0 saturated heterocycles. The third kappa shape index (κ3) is 9.79. The van der Waals surface area contributed by atoms with Crippen LogP contribution in [0.4, 0.5) is 0 Å². The zero-order valence-electron chi connectivity index (χ0n) is 16.7. The van der Waals surface area contributed by atoms with Gasteiger partial charge in [0.05, 0.1) is 6.61 Å². The van der Waals surface area contributed by atoms with Gasteiger partial charge in [-0.1, -0.05) is 91.0 Å². The lowest BCUT2D eigenvalue weighted by Crippen LogP contribution is -2.09. The zero-order valence-corrected chi connectivity index (χ0v) is 16.7. The highest BCUT2D eigenvalue weighted by Gasteiger charge is 2.14. The van der Waals surface area contributed by atoms with Gasteiger partial charge >= 0.3 is 5.97 Å². The van der Waals surface area contributed by atoms with Crippen molar-refractivity contribution >= 4 is 12.3 Å². The van der Waals surface area contributed by atoms with Crippen LogP contribution >= 0.6 is 0 Å². The Morgan fingerprint density at radius 3 is 1.45 bits per heavy atom. The number of aliphatic hydroxyl groups excluding tert-OH is 4. The first-order valence-corrected chi connectivity index (χ1v) is 9.38. The van der Waals surface area contributed by atoms with E-state index in [-0.39, 0.29) is 6.61 Å². The fourth-order valence-corrected chi connectivity index (χ4v) is 2.29. The van der Waals surface area contributed by atoms with E-state index in [0.717, 1.165) is 5.56 Å². The number of carboxylic acids is 1. The molecule has 0 amide bonds. The molecule has 3 atom stereocenters. The summed E-state index contributed by atoms with van der Waals surface area (Å²) in [5.74, 6) is -1.23. The second kappa shape index (κ2) is 14.6. The van der Waals surface area contributed by atoms with E-state index in [4.69, 9.17) is 25.5 Å². The molecule has 0 heterocycles. The van der Waals surface area contributed by atoms with Crippen molar-refractivity contribution in [2.45, 2.75) is 18.3 Å². The van der Waals surface area contributed by atoms with Gasteiger partial charge in [-0.25, -0.2) is 4.79 Å². The lowest BCUT2D eigenvalue weighted by molar-refractivity contribution is -0.146. The van der Waals surface area contributed by atoms with Crippen molar-refractivity contribution in [3.8, 4) is 0 Å². The molecule has 3 aromatic carbocycles.